The zero-order valence-corrected chi connectivity index (χ0v) is 12.2. The lowest BCUT2D eigenvalue weighted by Crippen LogP contribution is -2.43. The van der Waals surface area contributed by atoms with E-state index in [2.05, 4.69) is 16.8 Å². The van der Waals surface area contributed by atoms with Crippen molar-refractivity contribution in [3.63, 3.8) is 0 Å². The molecule has 0 N–H and O–H groups in total. The zero-order chi connectivity index (χ0) is 13.4. The lowest BCUT2D eigenvalue weighted by atomic mass is 10.0. The molecular weight excluding hydrogens is 262 g/mol. The monoisotopic (exact) mass is 281 g/mol. The van der Waals surface area contributed by atoms with E-state index in [4.69, 9.17) is 21.3 Å². The summed E-state index contributed by atoms with van der Waals surface area (Å²) in [6.45, 7) is 3.19. The minimum absolute atomic E-state index is 0.367. The van der Waals surface area contributed by atoms with Gasteiger partial charge in [-0.25, -0.2) is 9.97 Å². The highest BCUT2D eigenvalue weighted by molar-refractivity contribution is 6.29. The molecule has 0 bridgehead atoms. The standard InChI is InChI=1S/C14H20ClN3O/c1-9-7-11(19-2)5-6-18(9)13-8-12(15)16-14(17-13)10-3-4-10/h8-11H,3-7H2,1-2H3/t9-,11+/m1/s1. The van der Waals surface area contributed by atoms with E-state index in [1.165, 1.54) is 12.8 Å². The maximum absolute atomic E-state index is 6.14. The Morgan fingerprint density at radius 3 is 2.74 bits per heavy atom. The second-order valence-corrected chi connectivity index (χ2v) is 5.99. The number of hydrogen-bond donors (Lipinski definition) is 0. The van der Waals surface area contributed by atoms with Crippen molar-refractivity contribution in [2.75, 3.05) is 18.6 Å². The molecule has 1 aliphatic heterocycles. The number of aromatic nitrogens is 2. The maximum atomic E-state index is 6.14. The number of anilines is 1. The molecule has 5 heteroatoms. The Bertz CT molecular complexity index is 464. The summed E-state index contributed by atoms with van der Waals surface area (Å²) in [7, 11) is 1.79. The van der Waals surface area contributed by atoms with Crippen LogP contribution in [0.2, 0.25) is 5.15 Å². The first-order chi connectivity index (χ1) is 9.17. The van der Waals surface area contributed by atoms with Crippen LogP contribution in [0.4, 0.5) is 5.82 Å². The third kappa shape index (κ3) is 2.84. The minimum atomic E-state index is 0.367. The lowest BCUT2D eigenvalue weighted by molar-refractivity contribution is 0.0719. The summed E-state index contributed by atoms with van der Waals surface area (Å²) in [5, 5.41) is 0.563. The Balaban J connectivity index is 1.81. The van der Waals surface area contributed by atoms with Crippen molar-refractivity contribution in [1.29, 1.82) is 0 Å². The molecule has 3 rings (SSSR count). The quantitative estimate of drug-likeness (QED) is 0.799. The van der Waals surface area contributed by atoms with Gasteiger partial charge in [0, 0.05) is 31.7 Å². The van der Waals surface area contributed by atoms with Crippen molar-refractivity contribution in [3.05, 3.63) is 17.0 Å². The highest BCUT2D eigenvalue weighted by atomic mass is 35.5. The van der Waals surface area contributed by atoms with Crippen LogP contribution in [0, 0.1) is 0 Å². The van der Waals surface area contributed by atoms with E-state index in [0.29, 0.717) is 23.2 Å². The SMILES string of the molecule is CO[C@H]1CCN(c2cc(Cl)nc(C3CC3)n2)[C@H](C)C1. The Labute approximate surface area is 119 Å². The molecule has 2 fully saturated rings. The van der Waals surface area contributed by atoms with E-state index in [9.17, 15) is 0 Å². The minimum Gasteiger partial charge on any atom is -0.381 e. The topological polar surface area (TPSA) is 38.2 Å². The fourth-order valence-electron chi connectivity index (χ4n) is 2.78. The van der Waals surface area contributed by atoms with Crippen LogP contribution in [0.25, 0.3) is 0 Å². The summed E-state index contributed by atoms with van der Waals surface area (Å²) in [5.74, 6) is 2.43. The molecule has 1 aromatic heterocycles. The molecular formula is C14H20ClN3O. The van der Waals surface area contributed by atoms with Gasteiger partial charge in [0.25, 0.3) is 0 Å². The summed E-state index contributed by atoms with van der Waals surface area (Å²) >= 11 is 6.14. The molecule has 1 saturated carbocycles. The Kier molecular flexibility index (Phi) is 3.63. The third-order valence-electron chi connectivity index (χ3n) is 4.10. The molecule has 0 aromatic carbocycles. The van der Waals surface area contributed by atoms with Gasteiger partial charge in [-0.2, -0.15) is 0 Å². The van der Waals surface area contributed by atoms with Crippen LogP contribution in [-0.2, 0) is 4.74 Å². The molecule has 0 unspecified atom stereocenters. The summed E-state index contributed by atoms with van der Waals surface area (Å²) in [5.41, 5.74) is 0. The molecule has 104 valence electrons. The molecule has 19 heavy (non-hydrogen) atoms. The van der Waals surface area contributed by atoms with Gasteiger partial charge in [-0.3, -0.25) is 0 Å². The van der Waals surface area contributed by atoms with Gasteiger partial charge in [0.05, 0.1) is 6.10 Å². The first-order valence-corrected chi connectivity index (χ1v) is 7.39. The number of ether oxygens (including phenoxy) is 1. The van der Waals surface area contributed by atoms with Crippen molar-refractivity contribution in [2.45, 2.75) is 50.7 Å². The molecule has 4 nitrogen and oxygen atoms in total. The molecule has 0 radical (unpaired) electrons. The normalized spacial score (nSPS) is 27.6. The van der Waals surface area contributed by atoms with E-state index < -0.39 is 0 Å². The smallest absolute Gasteiger partial charge is 0.135 e. The van der Waals surface area contributed by atoms with Crippen molar-refractivity contribution in [3.8, 4) is 0 Å². The molecule has 1 saturated heterocycles. The predicted molar refractivity (Wildman–Crippen MR) is 75.9 cm³/mol. The van der Waals surface area contributed by atoms with Gasteiger partial charge < -0.3 is 9.64 Å². The Hall–Kier alpha value is -0.870. The summed E-state index contributed by atoms with van der Waals surface area (Å²) < 4.78 is 5.46. The van der Waals surface area contributed by atoms with E-state index in [1.807, 2.05) is 6.07 Å². The van der Waals surface area contributed by atoms with Crippen LogP contribution in [0.1, 0.15) is 44.3 Å². The van der Waals surface area contributed by atoms with Gasteiger partial charge >= 0.3 is 0 Å². The van der Waals surface area contributed by atoms with Gasteiger partial charge in [-0.15, -0.1) is 0 Å². The van der Waals surface area contributed by atoms with Crippen LogP contribution < -0.4 is 4.90 Å². The van der Waals surface area contributed by atoms with Crippen molar-refractivity contribution in [1.82, 2.24) is 9.97 Å². The first-order valence-electron chi connectivity index (χ1n) is 7.01. The molecule has 2 heterocycles. The van der Waals surface area contributed by atoms with E-state index in [0.717, 1.165) is 31.0 Å². The van der Waals surface area contributed by atoms with Crippen LogP contribution in [0.15, 0.2) is 6.07 Å². The molecule has 2 atom stereocenters. The predicted octanol–water partition coefficient (Wildman–Crippen LogP) is 3.01. The number of halogens is 1. The number of hydrogen-bond acceptors (Lipinski definition) is 4. The lowest BCUT2D eigenvalue weighted by Gasteiger charge is -2.38. The number of nitrogens with zero attached hydrogens (tertiary/aromatic N) is 3. The molecule has 2 aliphatic rings. The van der Waals surface area contributed by atoms with Crippen molar-refractivity contribution < 1.29 is 4.74 Å². The van der Waals surface area contributed by atoms with Gasteiger partial charge in [0.2, 0.25) is 0 Å². The summed E-state index contributed by atoms with van der Waals surface area (Å²) in [6.07, 6.45) is 4.84. The van der Waals surface area contributed by atoms with Crippen molar-refractivity contribution in [2.24, 2.45) is 0 Å². The highest BCUT2D eigenvalue weighted by Gasteiger charge is 2.30. The zero-order valence-electron chi connectivity index (χ0n) is 11.5. The highest BCUT2D eigenvalue weighted by Crippen LogP contribution is 2.39. The molecule has 1 aromatic rings. The second kappa shape index (κ2) is 5.25. The van der Waals surface area contributed by atoms with Crippen LogP contribution in [-0.4, -0.2) is 35.8 Å². The summed E-state index contributed by atoms with van der Waals surface area (Å²) in [6, 6.07) is 2.31. The van der Waals surface area contributed by atoms with Gasteiger partial charge in [0.15, 0.2) is 0 Å². The molecule has 1 aliphatic carbocycles. The first kappa shape index (κ1) is 13.1. The number of methoxy groups -OCH3 is 1. The van der Waals surface area contributed by atoms with Crippen LogP contribution >= 0.6 is 11.6 Å². The summed E-state index contributed by atoms with van der Waals surface area (Å²) in [4.78, 5) is 11.4. The van der Waals surface area contributed by atoms with Crippen molar-refractivity contribution >= 4 is 17.4 Å². The third-order valence-corrected chi connectivity index (χ3v) is 4.29. The van der Waals surface area contributed by atoms with Crippen LogP contribution in [0.5, 0.6) is 0 Å². The Morgan fingerprint density at radius 2 is 2.11 bits per heavy atom. The molecule has 0 spiro atoms. The Morgan fingerprint density at radius 1 is 1.32 bits per heavy atom. The van der Waals surface area contributed by atoms with Gasteiger partial charge in [-0.1, -0.05) is 11.6 Å². The average Bonchev–Trinajstić information content (AvgIpc) is 3.22. The fraction of sp³-hybridized carbons (Fsp3) is 0.714. The largest absolute Gasteiger partial charge is 0.381 e. The molecule has 0 amide bonds. The van der Waals surface area contributed by atoms with Gasteiger partial charge in [-0.05, 0) is 32.6 Å². The van der Waals surface area contributed by atoms with Crippen LogP contribution in [0.3, 0.4) is 0 Å². The number of piperidine rings is 1. The second-order valence-electron chi connectivity index (χ2n) is 5.61. The van der Waals surface area contributed by atoms with E-state index in [1.54, 1.807) is 7.11 Å². The van der Waals surface area contributed by atoms with E-state index >= 15 is 0 Å². The van der Waals surface area contributed by atoms with E-state index in [-0.39, 0.29) is 0 Å². The van der Waals surface area contributed by atoms with Gasteiger partial charge in [0.1, 0.15) is 16.8 Å². The fourth-order valence-corrected chi connectivity index (χ4v) is 2.96. The maximum Gasteiger partial charge on any atom is 0.135 e. The average molecular weight is 282 g/mol. The number of rotatable bonds is 3.